The fraction of sp³-hybridized carbons (Fsp3) is 0.333. The molecule has 0 fully saturated rings. The van der Waals surface area contributed by atoms with E-state index in [1.165, 1.54) is 0 Å². The van der Waals surface area contributed by atoms with Crippen LogP contribution in [-0.4, -0.2) is 24.3 Å². The summed E-state index contributed by atoms with van der Waals surface area (Å²) in [5, 5.41) is 0. The average Bonchev–Trinajstić information content (AvgIpc) is 2.36. The maximum absolute atomic E-state index is 11.4. The molecule has 5 heteroatoms. The summed E-state index contributed by atoms with van der Waals surface area (Å²) in [6.07, 6.45) is 0.277. The van der Waals surface area contributed by atoms with Crippen LogP contribution in [0, 0.1) is 0 Å². The second-order valence-electron chi connectivity index (χ2n) is 3.61. The molecule has 0 aromatic heterocycles. The van der Waals surface area contributed by atoms with E-state index in [1.54, 1.807) is 12.1 Å². The molecule has 0 heterocycles. The second-order valence-corrected chi connectivity index (χ2v) is 3.61. The zero-order chi connectivity index (χ0) is 12.7. The molecule has 1 rings (SSSR count). The van der Waals surface area contributed by atoms with Crippen molar-refractivity contribution in [3.05, 3.63) is 35.9 Å². The number of ether oxygens (including phenoxy) is 1. The van der Waals surface area contributed by atoms with E-state index in [9.17, 15) is 9.59 Å². The molecule has 1 aromatic rings. The maximum Gasteiger partial charge on any atom is 0.376 e. The summed E-state index contributed by atoms with van der Waals surface area (Å²) in [7, 11) is 0. The van der Waals surface area contributed by atoms with Crippen molar-refractivity contribution in [3.63, 3.8) is 0 Å². The first-order chi connectivity index (χ1) is 8.15. The Kier molecular flexibility index (Phi) is 5.32. The van der Waals surface area contributed by atoms with Gasteiger partial charge >= 0.3 is 5.97 Å². The lowest BCUT2D eigenvalue weighted by atomic mass is 10.1. The number of nitrogens with two attached hydrogens (primary N) is 2. The molecular formula is C12H16N2O3. The Morgan fingerprint density at radius 3 is 2.47 bits per heavy atom. The molecule has 0 aliphatic heterocycles. The van der Waals surface area contributed by atoms with Crippen LogP contribution in [0.3, 0.4) is 0 Å². The van der Waals surface area contributed by atoms with Gasteiger partial charge in [-0.15, -0.1) is 0 Å². The highest BCUT2D eigenvalue weighted by Gasteiger charge is 2.22. The molecule has 0 spiro atoms. The zero-order valence-corrected chi connectivity index (χ0v) is 9.46. The third-order valence-corrected chi connectivity index (χ3v) is 2.23. The Morgan fingerprint density at radius 1 is 1.24 bits per heavy atom. The Hall–Kier alpha value is -1.72. The number of carbonyl (C=O) groups excluding carboxylic acids is 2. The molecule has 1 atom stereocenters. The third kappa shape index (κ3) is 4.34. The van der Waals surface area contributed by atoms with Crippen LogP contribution in [0.5, 0.6) is 0 Å². The normalized spacial score (nSPS) is 11.9. The van der Waals surface area contributed by atoms with Gasteiger partial charge < -0.3 is 16.2 Å². The molecule has 0 unspecified atom stereocenters. The number of hydrogen-bond acceptors (Lipinski definition) is 5. The van der Waals surface area contributed by atoms with Gasteiger partial charge in [-0.25, -0.2) is 4.79 Å². The van der Waals surface area contributed by atoms with Crippen LogP contribution in [0.25, 0.3) is 0 Å². The lowest BCUT2D eigenvalue weighted by molar-refractivity contribution is -0.155. The minimum Gasteiger partial charge on any atom is -0.455 e. The monoisotopic (exact) mass is 236 g/mol. The molecular weight excluding hydrogens is 220 g/mol. The number of benzene rings is 1. The average molecular weight is 236 g/mol. The van der Waals surface area contributed by atoms with E-state index in [2.05, 4.69) is 0 Å². The van der Waals surface area contributed by atoms with Gasteiger partial charge in [-0.05, 0) is 18.5 Å². The van der Waals surface area contributed by atoms with E-state index in [0.717, 1.165) is 5.56 Å². The predicted octanol–water partition coefficient (Wildman–Crippen LogP) is -0.0250. The van der Waals surface area contributed by atoms with Gasteiger partial charge in [-0.2, -0.15) is 0 Å². The van der Waals surface area contributed by atoms with Gasteiger partial charge in [-0.1, -0.05) is 30.3 Å². The highest BCUT2D eigenvalue weighted by atomic mass is 16.5. The van der Waals surface area contributed by atoms with Crippen molar-refractivity contribution in [1.29, 1.82) is 0 Å². The molecule has 5 nitrogen and oxygen atoms in total. The van der Waals surface area contributed by atoms with E-state index in [-0.39, 0.29) is 19.6 Å². The standard InChI is InChI=1S/C12H16N2O3/c13-7-6-10(14)11(15)12(16)17-8-9-4-2-1-3-5-9/h1-5,10H,6-8,13-14H2/t10-/m0/s1. The Balaban J connectivity index is 2.42. The van der Waals surface area contributed by atoms with Gasteiger partial charge in [0.05, 0.1) is 6.04 Å². The fourth-order valence-electron chi connectivity index (χ4n) is 1.26. The number of carbonyl (C=O) groups is 2. The van der Waals surface area contributed by atoms with Crippen molar-refractivity contribution in [1.82, 2.24) is 0 Å². The lowest BCUT2D eigenvalue weighted by Gasteiger charge is -2.08. The molecule has 0 radical (unpaired) electrons. The first-order valence-corrected chi connectivity index (χ1v) is 5.35. The van der Waals surface area contributed by atoms with Crippen LogP contribution in [0.15, 0.2) is 30.3 Å². The van der Waals surface area contributed by atoms with Crippen molar-refractivity contribution in [2.75, 3.05) is 6.54 Å². The molecule has 0 aliphatic carbocycles. The summed E-state index contributed by atoms with van der Waals surface area (Å²) in [6, 6.07) is 8.24. The minimum atomic E-state index is -0.908. The van der Waals surface area contributed by atoms with Crippen LogP contribution in [0.1, 0.15) is 12.0 Å². The molecule has 4 N–H and O–H groups in total. The third-order valence-electron chi connectivity index (χ3n) is 2.23. The Morgan fingerprint density at radius 2 is 1.88 bits per heavy atom. The van der Waals surface area contributed by atoms with E-state index < -0.39 is 17.8 Å². The summed E-state index contributed by atoms with van der Waals surface area (Å²) >= 11 is 0. The van der Waals surface area contributed by atoms with Gasteiger partial charge in [0.15, 0.2) is 0 Å². The fourth-order valence-corrected chi connectivity index (χ4v) is 1.26. The quantitative estimate of drug-likeness (QED) is 0.534. The number of rotatable bonds is 6. The predicted molar refractivity (Wildman–Crippen MR) is 62.9 cm³/mol. The zero-order valence-electron chi connectivity index (χ0n) is 9.46. The number of esters is 1. The highest BCUT2D eigenvalue weighted by Crippen LogP contribution is 2.01. The van der Waals surface area contributed by atoms with E-state index >= 15 is 0 Å². The Labute approximate surface area is 99.7 Å². The SMILES string of the molecule is NCC[C@H](N)C(=O)C(=O)OCc1ccccc1. The summed E-state index contributed by atoms with van der Waals surface area (Å²) in [6.45, 7) is 0.333. The van der Waals surface area contributed by atoms with Crippen LogP contribution >= 0.6 is 0 Å². The van der Waals surface area contributed by atoms with Crippen molar-refractivity contribution in [3.8, 4) is 0 Å². The minimum absolute atomic E-state index is 0.0702. The summed E-state index contributed by atoms with van der Waals surface area (Å²) < 4.78 is 4.85. The molecule has 0 saturated heterocycles. The van der Waals surface area contributed by atoms with Crippen molar-refractivity contribution >= 4 is 11.8 Å². The first kappa shape index (κ1) is 13.3. The summed E-state index contributed by atoms with van der Waals surface area (Å²) in [5.74, 6) is -1.64. The van der Waals surface area contributed by atoms with Gasteiger partial charge in [0, 0.05) is 0 Å². The molecule has 0 bridgehead atoms. The molecule has 92 valence electrons. The van der Waals surface area contributed by atoms with E-state index in [1.807, 2.05) is 18.2 Å². The number of Topliss-reactive ketones (excluding diaryl/α,β-unsaturated/α-hetero) is 1. The van der Waals surface area contributed by atoms with Crippen molar-refractivity contribution in [2.45, 2.75) is 19.1 Å². The van der Waals surface area contributed by atoms with Gasteiger partial charge in [0.2, 0.25) is 0 Å². The van der Waals surface area contributed by atoms with Crippen LogP contribution in [0.2, 0.25) is 0 Å². The molecule has 0 aliphatic rings. The summed E-state index contributed by atoms with van der Waals surface area (Å²) in [4.78, 5) is 22.7. The van der Waals surface area contributed by atoms with Crippen molar-refractivity contribution < 1.29 is 14.3 Å². The van der Waals surface area contributed by atoms with Gasteiger partial charge in [-0.3, -0.25) is 4.79 Å². The van der Waals surface area contributed by atoms with Crippen LogP contribution in [-0.2, 0) is 20.9 Å². The van der Waals surface area contributed by atoms with Gasteiger partial charge in [0.25, 0.3) is 5.78 Å². The molecule has 1 aromatic carbocycles. The molecule has 0 saturated carbocycles. The summed E-state index contributed by atoms with van der Waals surface area (Å²) in [5.41, 5.74) is 11.5. The lowest BCUT2D eigenvalue weighted by Crippen LogP contribution is -2.38. The van der Waals surface area contributed by atoms with Gasteiger partial charge in [0.1, 0.15) is 6.61 Å². The Bertz CT molecular complexity index is 379. The highest BCUT2D eigenvalue weighted by molar-refractivity contribution is 6.35. The number of ketones is 1. The first-order valence-electron chi connectivity index (χ1n) is 5.35. The number of hydrogen-bond donors (Lipinski definition) is 2. The van der Waals surface area contributed by atoms with Crippen molar-refractivity contribution in [2.24, 2.45) is 11.5 Å². The van der Waals surface area contributed by atoms with E-state index in [0.29, 0.717) is 0 Å². The topological polar surface area (TPSA) is 95.4 Å². The molecule has 17 heavy (non-hydrogen) atoms. The largest absolute Gasteiger partial charge is 0.455 e. The van der Waals surface area contributed by atoms with Crippen LogP contribution in [0.4, 0.5) is 0 Å². The van der Waals surface area contributed by atoms with E-state index in [4.69, 9.17) is 16.2 Å². The maximum atomic E-state index is 11.4. The smallest absolute Gasteiger partial charge is 0.376 e. The molecule has 0 amide bonds. The van der Waals surface area contributed by atoms with Crippen LogP contribution < -0.4 is 11.5 Å². The second kappa shape index (κ2) is 6.78.